The van der Waals surface area contributed by atoms with Crippen molar-refractivity contribution in [2.45, 2.75) is 44.9 Å². The molecule has 1 fully saturated rings. The lowest BCUT2D eigenvalue weighted by Gasteiger charge is -2.28. The number of nitrogens with one attached hydrogen (secondary N) is 2. The van der Waals surface area contributed by atoms with E-state index in [1.807, 2.05) is 0 Å². The molecule has 0 unspecified atom stereocenters. The smallest absolute Gasteiger partial charge is 0.387 e. The number of carbonyl (C=O) groups excluding carboxylic acids is 2. The fraction of sp³-hybridized carbons (Fsp3) is 0.409. The molecular weight excluding hydrogens is 479 g/mol. The molecule has 1 saturated carbocycles. The summed E-state index contributed by atoms with van der Waals surface area (Å²) in [6, 6.07) is 7.64. The Morgan fingerprint density at radius 2 is 1.79 bits per heavy atom. The highest BCUT2D eigenvalue weighted by molar-refractivity contribution is 6.42. The Labute approximate surface area is 199 Å². The first-order valence-corrected chi connectivity index (χ1v) is 11.1. The number of alkyl halides is 2. The molecule has 0 radical (unpaired) electrons. The van der Waals surface area contributed by atoms with Gasteiger partial charge in [0.25, 0.3) is 5.91 Å². The van der Waals surface area contributed by atoms with Crippen LogP contribution in [0, 0.1) is 5.92 Å². The maximum atomic E-state index is 12.4. The van der Waals surface area contributed by atoms with Crippen LogP contribution in [0.4, 0.5) is 8.78 Å². The van der Waals surface area contributed by atoms with E-state index in [1.54, 1.807) is 18.2 Å². The standard InChI is InChI=1S/C22H23Cl2F2N3O4/c23-18-8-7-16(9-19(18)24)32-12-20(30)29-14-3-1-13(2-4-14)21(31)28-10-15-5-6-17(11-27-15)33-22(25)26/h5-9,11,13-14,22H,1-4,10,12H2,(H,28,31)(H,29,30). The number of hydrogen-bond acceptors (Lipinski definition) is 5. The number of amides is 2. The summed E-state index contributed by atoms with van der Waals surface area (Å²) in [7, 11) is 0. The van der Waals surface area contributed by atoms with E-state index in [0.29, 0.717) is 47.2 Å². The van der Waals surface area contributed by atoms with E-state index in [2.05, 4.69) is 20.4 Å². The molecular formula is C22H23Cl2F2N3O4. The van der Waals surface area contributed by atoms with Gasteiger partial charge in [-0.1, -0.05) is 23.2 Å². The Kier molecular flexibility index (Phi) is 9.08. The first-order chi connectivity index (χ1) is 15.8. The molecule has 0 saturated heterocycles. The molecule has 1 aromatic carbocycles. The van der Waals surface area contributed by atoms with Crippen LogP contribution in [-0.2, 0) is 16.1 Å². The van der Waals surface area contributed by atoms with Crippen molar-refractivity contribution in [3.8, 4) is 11.5 Å². The molecule has 1 aromatic heterocycles. The Morgan fingerprint density at radius 1 is 1.06 bits per heavy atom. The third-order valence-electron chi connectivity index (χ3n) is 5.19. The summed E-state index contributed by atoms with van der Waals surface area (Å²) in [6.07, 6.45) is 3.81. The number of benzene rings is 1. The molecule has 0 aliphatic heterocycles. The maximum absolute atomic E-state index is 12.4. The second kappa shape index (κ2) is 12.0. The lowest BCUT2D eigenvalue weighted by molar-refractivity contribution is -0.126. The van der Waals surface area contributed by atoms with Gasteiger partial charge in [-0.2, -0.15) is 8.78 Å². The van der Waals surface area contributed by atoms with Gasteiger partial charge in [-0.3, -0.25) is 14.6 Å². The van der Waals surface area contributed by atoms with E-state index in [-0.39, 0.29) is 42.7 Å². The summed E-state index contributed by atoms with van der Waals surface area (Å²) >= 11 is 11.8. The maximum Gasteiger partial charge on any atom is 0.387 e. The minimum absolute atomic E-state index is 0.0250. The SMILES string of the molecule is O=C(COc1ccc(Cl)c(Cl)c1)NC1CCC(C(=O)NCc2ccc(OC(F)F)cn2)CC1. The summed E-state index contributed by atoms with van der Waals surface area (Å²) < 4.78 is 34.0. The van der Waals surface area contributed by atoms with Crippen LogP contribution in [0.2, 0.25) is 10.0 Å². The fourth-order valence-corrected chi connectivity index (χ4v) is 3.78. The zero-order valence-corrected chi connectivity index (χ0v) is 19.0. The van der Waals surface area contributed by atoms with Crippen LogP contribution in [-0.4, -0.2) is 36.1 Å². The van der Waals surface area contributed by atoms with Crippen molar-refractivity contribution >= 4 is 35.0 Å². The average Bonchev–Trinajstić information content (AvgIpc) is 2.79. The largest absolute Gasteiger partial charge is 0.484 e. The molecule has 178 valence electrons. The second-order valence-corrected chi connectivity index (χ2v) is 8.38. The van der Waals surface area contributed by atoms with Gasteiger partial charge in [-0.05, 0) is 49.9 Å². The predicted molar refractivity (Wildman–Crippen MR) is 119 cm³/mol. The number of pyridine rings is 1. The van der Waals surface area contributed by atoms with Crippen molar-refractivity contribution in [3.63, 3.8) is 0 Å². The first-order valence-electron chi connectivity index (χ1n) is 10.3. The van der Waals surface area contributed by atoms with Crippen LogP contribution in [0.25, 0.3) is 0 Å². The van der Waals surface area contributed by atoms with Gasteiger partial charge < -0.3 is 20.1 Å². The van der Waals surface area contributed by atoms with Crippen LogP contribution < -0.4 is 20.1 Å². The molecule has 1 heterocycles. The van der Waals surface area contributed by atoms with Crippen LogP contribution in [0.15, 0.2) is 36.5 Å². The molecule has 0 bridgehead atoms. The highest BCUT2D eigenvalue weighted by Gasteiger charge is 2.27. The molecule has 0 atom stereocenters. The van der Waals surface area contributed by atoms with Gasteiger partial charge in [-0.15, -0.1) is 0 Å². The van der Waals surface area contributed by atoms with Gasteiger partial charge in [0.2, 0.25) is 5.91 Å². The van der Waals surface area contributed by atoms with Crippen molar-refractivity contribution in [2.24, 2.45) is 5.92 Å². The van der Waals surface area contributed by atoms with Crippen molar-refractivity contribution in [1.29, 1.82) is 0 Å². The van der Waals surface area contributed by atoms with Crippen LogP contribution in [0.3, 0.4) is 0 Å². The third kappa shape index (κ3) is 8.01. The molecule has 11 heteroatoms. The van der Waals surface area contributed by atoms with E-state index >= 15 is 0 Å². The monoisotopic (exact) mass is 501 g/mol. The molecule has 2 amide bonds. The van der Waals surface area contributed by atoms with Crippen molar-refractivity contribution in [1.82, 2.24) is 15.6 Å². The van der Waals surface area contributed by atoms with E-state index in [9.17, 15) is 18.4 Å². The van der Waals surface area contributed by atoms with Crippen LogP contribution >= 0.6 is 23.2 Å². The zero-order chi connectivity index (χ0) is 23.8. The first kappa shape index (κ1) is 25.0. The van der Waals surface area contributed by atoms with E-state index in [4.69, 9.17) is 27.9 Å². The number of halogens is 4. The minimum Gasteiger partial charge on any atom is -0.484 e. The van der Waals surface area contributed by atoms with Crippen LogP contribution in [0.1, 0.15) is 31.4 Å². The highest BCUT2D eigenvalue weighted by atomic mass is 35.5. The highest BCUT2D eigenvalue weighted by Crippen LogP contribution is 2.27. The van der Waals surface area contributed by atoms with Crippen molar-refractivity contribution < 1.29 is 27.8 Å². The third-order valence-corrected chi connectivity index (χ3v) is 5.93. The van der Waals surface area contributed by atoms with E-state index in [1.165, 1.54) is 18.3 Å². The molecule has 33 heavy (non-hydrogen) atoms. The molecule has 1 aliphatic rings. The number of hydrogen-bond donors (Lipinski definition) is 2. The lowest BCUT2D eigenvalue weighted by atomic mass is 9.85. The van der Waals surface area contributed by atoms with Gasteiger partial charge in [0.05, 0.1) is 28.5 Å². The van der Waals surface area contributed by atoms with Crippen molar-refractivity contribution in [2.75, 3.05) is 6.61 Å². The van der Waals surface area contributed by atoms with Crippen molar-refractivity contribution in [3.05, 3.63) is 52.3 Å². The Bertz CT molecular complexity index is 955. The number of ether oxygens (including phenoxy) is 2. The topological polar surface area (TPSA) is 89.5 Å². The molecule has 1 aliphatic carbocycles. The normalized spacial score (nSPS) is 18.0. The van der Waals surface area contributed by atoms with Crippen LogP contribution in [0.5, 0.6) is 11.5 Å². The number of aromatic nitrogens is 1. The predicted octanol–water partition coefficient (Wildman–Crippen LogP) is 4.36. The summed E-state index contributed by atoms with van der Waals surface area (Å²) in [5.41, 5.74) is 0.535. The summed E-state index contributed by atoms with van der Waals surface area (Å²) in [4.78, 5) is 28.6. The molecule has 7 nitrogen and oxygen atoms in total. The lowest BCUT2D eigenvalue weighted by Crippen LogP contribution is -2.42. The summed E-state index contributed by atoms with van der Waals surface area (Å²) in [5.74, 6) is -0.0998. The average molecular weight is 502 g/mol. The minimum atomic E-state index is -2.91. The summed E-state index contributed by atoms with van der Waals surface area (Å²) in [6.45, 7) is -2.87. The van der Waals surface area contributed by atoms with E-state index < -0.39 is 6.61 Å². The van der Waals surface area contributed by atoms with Gasteiger partial charge in [0, 0.05) is 18.0 Å². The second-order valence-electron chi connectivity index (χ2n) is 7.56. The fourth-order valence-electron chi connectivity index (χ4n) is 3.49. The number of carbonyl (C=O) groups is 2. The molecule has 2 aromatic rings. The number of rotatable bonds is 9. The van der Waals surface area contributed by atoms with Gasteiger partial charge in [-0.25, -0.2) is 0 Å². The quantitative estimate of drug-likeness (QED) is 0.532. The molecule has 0 spiro atoms. The Balaban J connectivity index is 1.35. The summed E-state index contributed by atoms with van der Waals surface area (Å²) in [5, 5.41) is 6.49. The number of nitrogens with zero attached hydrogens (tertiary/aromatic N) is 1. The Hall–Kier alpha value is -2.65. The molecule has 2 N–H and O–H groups in total. The van der Waals surface area contributed by atoms with E-state index in [0.717, 1.165) is 0 Å². The molecule has 3 rings (SSSR count). The van der Waals surface area contributed by atoms with Gasteiger partial charge in [0.15, 0.2) is 6.61 Å². The van der Waals surface area contributed by atoms with Gasteiger partial charge in [0.1, 0.15) is 11.5 Å². The Morgan fingerprint density at radius 3 is 2.42 bits per heavy atom. The van der Waals surface area contributed by atoms with Gasteiger partial charge >= 0.3 is 6.61 Å². The zero-order valence-electron chi connectivity index (χ0n) is 17.5.